The maximum atomic E-state index is 14.1. The number of pyridine rings is 1. The average Bonchev–Trinajstić information content (AvgIpc) is 3.34. The van der Waals surface area contributed by atoms with Crippen molar-refractivity contribution in [2.75, 3.05) is 0 Å². The monoisotopic (exact) mass is 526 g/mol. The lowest BCUT2D eigenvalue weighted by atomic mass is 10.1. The van der Waals surface area contributed by atoms with Crippen molar-refractivity contribution in [3.8, 4) is 11.3 Å². The Labute approximate surface area is 219 Å². The normalized spacial score (nSPS) is 11.9. The summed E-state index contributed by atoms with van der Waals surface area (Å²) in [7, 11) is 0. The number of aromatic nitrogens is 6. The maximum absolute atomic E-state index is 14.1. The third-order valence-electron chi connectivity index (χ3n) is 6.64. The lowest BCUT2D eigenvalue weighted by Crippen LogP contribution is -2.27. The van der Waals surface area contributed by atoms with Gasteiger partial charge in [-0.15, -0.1) is 5.10 Å². The molecule has 0 aliphatic carbocycles. The minimum Gasteiger partial charge on any atom is -0.290 e. The molecule has 7 nitrogen and oxygen atoms in total. The van der Waals surface area contributed by atoms with Crippen molar-refractivity contribution in [3.05, 3.63) is 70.0 Å². The number of nitrogens with zero attached hydrogens (tertiary/aromatic N) is 6. The summed E-state index contributed by atoms with van der Waals surface area (Å²) in [5.74, 6) is 0.256. The van der Waals surface area contributed by atoms with Crippen LogP contribution in [0, 0.1) is 6.92 Å². The van der Waals surface area contributed by atoms with Crippen molar-refractivity contribution in [1.82, 2.24) is 29.5 Å². The van der Waals surface area contributed by atoms with Crippen LogP contribution < -0.4 is 5.56 Å². The van der Waals surface area contributed by atoms with E-state index in [2.05, 4.69) is 27.2 Å². The highest BCUT2D eigenvalue weighted by atomic mass is 19.4. The number of unbranched alkanes of at least 4 members (excludes halogenated alkanes) is 7. The Morgan fingerprint density at radius 3 is 2.29 bits per heavy atom. The van der Waals surface area contributed by atoms with Crippen LogP contribution >= 0.6 is 0 Å². The van der Waals surface area contributed by atoms with E-state index in [-0.39, 0.29) is 23.7 Å². The number of fused-ring (bicyclic) bond motifs is 1. The van der Waals surface area contributed by atoms with Gasteiger partial charge >= 0.3 is 6.18 Å². The first-order chi connectivity index (χ1) is 18.3. The quantitative estimate of drug-likeness (QED) is 0.195. The zero-order chi connectivity index (χ0) is 27.1. The summed E-state index contributed by atoms with van der Waals surface area (Å²) in [5, 5.41) is 7.72. The predicted molar refractivity (Wildman–Crippen MR) is 141 cm³/mol. The summed E-state index contributed by atoms with van der Waals surface area (Å²) < 4.78 is 45.2. The smallest absolute Gasteiger partial charge is 0.290 e. The first-order valence-electron chi connectivity index (χ1n) is 13.2. The molecule has 0 unspecified atom stereocenters. The number of aryl methyl sites for hydroxylation is 2. The lowest BCUT2D eigenvalue weighted by Gasteiger charge is -2.15. The fourth-order valence-corrected chi connectivity index (χ4v) is 4.58. The van der Waals surface area contributed by atoms with E-state index in [1.165, 1.54) is 43.1 Å². The Hall–Kier alpha value is -3.56. The van der Waals surface area contributed by atoms with E-state index < -0.39 is 22.7 Å². The van der Waals surface area contributed by atoms with Crippen LogP contribution in [0.25, 0.3) is 22.3 Å². The number of halogens is 3. The number of hydrogen-bond acceptors (Lipinski definition) is 5. The van der Waals surface area contributed by atoms with Gasteiger partial charge in [0, 0.05) is 12.1 Å². The lowest BCUT2D eigenvalue weighted by molar-refractivity contribution is -0.136. The third-order valence-corrected chi connectivity index (χ3v) is 6.64. The van der Waals surface area contributed by atoms with Crippen LogP contribution in [0.1, 0.15) is 75.4 Å². The number of benzene rings is 1. The summed E-state index contributed by atoms with van der Waals surface area (Å²) in [6, 6.07) is 9.45. The molecule has 4 rings (SSSR count). The minimum absolute atomic E-state index is 0.0250. The second-order valence-corrected chi connectivity index (χ2v) is 9.62. The molecule has 0 radical (unpaired) electrons. The Morgan fingerprint density at radius 1 is 0.921 bits per heavy atom. The zero-order valence-corrected chi connectivity index (χ0v) is 21.8. The fraction of sp³-hybridized carbons (Fsp3) is 0.464. The van der Waals surface area contributed by atoms with Gasteiger partial charge in [0.15, 0.2) is 5.65 Å². The maximum Gasteiger partial charge on any atom is 0.417 e. The molecule has 3 heterocycles. The van der Waals surface area contributed by atoms with Crippen LogP contribution in [0.3, 0.4) is 0 Å². The van der Waals surface area contributed by atoms with Gasteiger partial charge < -0.3 is 0 Å². The van der Waals surface area contributed by atoms with Crippen molar-refractivity contribution in [1.29, 1.82) is 0 Å². The molecule has 0 spiro atoms. The molecule has 1 aromatic carbocycles. The van der Waals surface area contributed by atoms with Gasteiger partial charge in [-0.25, -0.2) is 9.97 Å². The van der Waals surface area contributed by atoms with Crippen LogP contribution in [-0.2, 0) is 19.3 Å². The van der Waals surface area contributed by atoms with Gasteiger partial charge in [-0.3, -0.25) is 14.0 Å². The molecule has 0 atom stereocenters. The van der Waals surface area contributed by atoms with Gasteiger partial charge in [-0.2, -0.15) is 13.2 Å². The Balaban J connectivity index is 1.53. The Kier molecular flexibility index (Phi) is 8.91. The molecule has 0 saturated carbocycles. The van der Waals surface area contributed by atoms with E-state index in [1.807, 2.05) is 0 Å². The molecule has 0 bridgehead atoms. The molecule has 0 aliphatic rings. The Morgan fingerprint density at radius 2 is 1.61 bits per heavy atom. The topological polar surface area (TPSA) is 78.5 Å². The van der Waals surface area contributed by atoms with Crippen molar-refractivity contribution in [2.45, 2.75) is 84.5 Å². The molecule has 3 aromatic heterocycles. The van der Waals surface area contributed by atoms with Crippen molar-refractivity contribution < 1.29 is 13.2 Å². The van der Waals surface area contributed by atoms with Gasteiger partial charge in [0.2, 0.25) is 0 Å². The van der Waals surface area contributed by atoms with Gasteiger partial charge in [0.25, 0.3) is 5.56 Å². The molecule has 0 saturated heterocycles. The fourth-order valence-electron chi connectivity index (χ4n) is 4.58. The van der Waals surface area contributed by atoms with Crippen LogP contribution in [0.4, 0.5) is 13.2 Å². The summed E-state index contributed by atoms with van der Waals surface area (Å²) in [6.45, 7) is 4.47. The van der Waals surface area contributed by atoms with E-state index in [4.69, 9.17) is 0 Å². The average molecular weight is 527 g/mol. The SMILES string of the molecule is CCCCCCCCCCn1cc(Cn2c(C)nc3nc(-c4ccccc4)cc(C(F)(F)F)c3c2=O)nn1. The molecule has 38 heavy (non-hydrogen) atoms. The molecule has 0 amide bonds. The molecule has 202 valence electrons. The third kappa shape index (κ3) is 6.65. The number of alkyl halides is 3. The zero-order valence-electron chi connectivity index (χ0n) is 21.8. The summed E-state index contributed by atoms with van der Waals surface area (Å²) >= 11 is 0. The van der Waals surface area contributed by atoms with E-state index in [0.717, 1.165) is 18.9 Å². The van der Waals surface area contributed by atoms with Gasteiger partial charge in [-0.05, 0) is 19.4 Å². The van der Waals surface area contributed by atoms with Crippen molar-refractivity contribution in [2.24, 2.45) is 0 Å². The summed E-state index contributed by atoms with van der Waals surface area (Å²) in [4.78, 5) is 21.9. The first kappa shape index (κ1) is 27.5. The van der Waals surface area contributed by atoms with Crippen LogP contribution in [0.2, 0.25) is 0 Å². The molecule has 0 aliphatic heterocycles. The van der Waals surface area contributed by atoms with E-state index in [0.29, 0.717) is 17.8 Å². The largest absolute Gasteiger partial charge is 0.417 e. The second-order valence-electron chi connectivity index (χ2n) is 9.62. The standard InChI is InChI=1S/C28H33F3N6O/c1-3-4-5-6-7-8-9-13-16-36-18-22(34-35-36)19-37-20(2)32-26-25(27(37)38)23(28(29,30)31)17-24(33-26)21-14-11-10-12-15-21/h10-12,14-15,17-18H,3-9,13,16,19H2,1-2H3. The first-order valence-corrected chi connectivity index (χ1v) is 13.2. The summed E-state index contributed by atoms with van der Waals surface area (Å²) in [6.07, 6.45) is 6.57. The molecular formula is C28H33F3N6O. The summed E-state index contributed by atoms with van der Waals surface area (Å²) in [5.41, 5.74) is -0.973. The van der Waals surface area contributed by atoms with Crippen LogP contribution in [0.5, 0.6) is 0 Å². The Bertz CT molecular complexity index is 1410. The van der Waals surface area contributed by atoms with E-state index in [9.17, 15) is 18.0 Å². The minimum atomic E-state index is -4.75. The van der Waals surface area contributed by atoms with Crippen LogP contribution in [0.15, 0.2) is 47.4 Å². The van der Waals surface area contributed by atoms with E-state index in [1.54, 1.807) is 48.1 Å². The van der Waals surface area contributed by atoms with Crippen LogP contribution in [-0.4, -0.2) is 29.5 Å². The number of rotatable bonds is 12. The highest BCUT2D eigenvalue weighted by Gasteiger charge is 2.35. The molecular weight excluding hydrogens is 493 g/mol. The number of hydrogen-bond donors (Lipinski definition) is 0. The highest BCUT2D eigenvalue weighted by molar-refractivity contribution is 5.82. The second kappa shape index (κ2) is 12.3. The molecule has 4 aromatic rings. The van der Waals surface area contributed by atoms with Crippen molar-refractivity contribution >= 4 is 11.0 Å². The predicted octanol–water partition coefficient (Wildman–Crippen LogP) is 6.57. The van der Waals surface area contributed by atoms with Gasteiger partial charge in [0.05, 0.1) is 29.4 Å². The van der Waals surface area contributed by atoms with Gasteiger partial charge in [-0.1, -0.05) is 87.4 Å². The highest BCUT2D eigenvalue weighted by Crippen LogP contribution is 2.35. The molecule has 0 N–H and O–H groups in total. The van der Waals surface area contributed by atoms with Crippen molar-refractivity contribution in [3.63, 3.8) is 0 Å². The van der Waals surface area contributed by atoms with E-state index >= 15 is 0 Å². The molecule has 10 heteroatoms. The molecule has 0 fully saturated rings. The van der Waals surface area contributed by atoms with Gasteiger partial charge in [0.1, 0.15) is 11.5 Å².